The Labute approximate surface area is 209 Å². The van der Waals surface area contributed by atoms with Crippen molar-refractivity contribution in [2.24, 2.45) is 10.9 Å². The number of carbonyl (C=O) groups is 1. The van der Waals surface area contributed by atoms with E-state index in [-0.39, 0.29) is 22.9 Å². The number of carbonyl (C=O) groups excluding carboxylic acids is 1. The van der Waals surface area contributed by atoms with E-state index in [0.29, 0.717) is 10.4 Å². The largest absolute Gasteiger partial charge is 0.453 e. The third kappa shape index (κ3) is 5.44. The number of nitrogens with zero attached hydrogens (tertiary/aromatic N) is 2. The molecule has 0 aliphatic rings. The van der Waals surface area contributed by atoms with E-state index in [4.69, 9.17) is 10.5 Å². The van der Waals surface area contributed by atoms with Crippen LogP contribution in [0.15, 0.2) is 75.7 Å². The van der Waals surface area contributed by atoms with Gasteiger partial charge in [0.2, 0.25) is 0 Å². The molecule has 180 valence electrons. The third-order valence-corrected chi connectivity index (χ3v) is 6.77. The second kappa shape index (κ2) is 10.4. The SMILES string of the molecule is CSc1c(Oc2ccc(F)c(/C(N)=N/OC(C)=O)c2)c(F)cc2c1ccn2Sc1ccc(C)cc1. The van der Waals surface area contributed by atoms with Crippen molar-refractivity contribution in [3.63, 3.8) is 0 Å². The van der Waals surface area contributed by atoms with Gasteiger partial charge >= 0.3 is 5.97 Å². The summed E-state index contributed by atoms with van der Waals surface area (Å²) in [4.78, 5) is 17.0. The molecule has 1 aromatic heterocycles. The fraction of sp³-hybridized carbons (Fsp3) is 0.120. The van der Waals surface area contributed by atoms with E-state index >= 15 is 4.39 Å². The Bertz CT molecular complexity index is 1440. The lowest BCUT2D eigenvalue weighted by Crippen LogP contribution is -2.16. The van der Waals surface area contributed by atoms with Gasteiger partial charge in [-0.3, -0.25) is 3.97 Å². The molecule has 0 fully saturated rings. The molecule has 0 radical (unpaired) electrons. The Balaban J connectivity index is 1.69. The highest BCUT2D eigenvalue weighted by atomic mass is 32.2. The summed E-state index contributed by atoms with van der Waals surface area (Å²) in [6.07, 6.45) is 3.70. The molecule has 10 heteroatoms. The Morgan fingerprint density at radius 1 is 1.06 bits per heavy atom. The van der Waals surface area contributed by atoms with Crippen molar-refractivity contribution < 1.29 is 23.1 Å². The first-order chi connectivity index (χ1) is 16.8. The monoisotopic (exact) mass is 513 g/mol. The number of hydrogen-bond donors (Lipinski definition) is 1. The van der Waals surface area contributed by atoms with Crippen LogP contribution in [0.25, 0.3) is 10.9 Å². The molecule has 0 atom stereocenters. The summed E-state index contributed by atoms with van der Waals surface area (Å²) in [5.74, 6) is -2.17. The first-order valence-corrected chi connectivity index (χ1v) is 12.4. The van der Waals surface area contributed by atoms with Gasteiger partial charge < -0.3 is 15.3 Å². The lowest BCUT2D eigenvalue weighted by atomic mass is 10.2. The summed E-state index contributed by atoms with van der Waals surface area (Å²) in [5.41, 5.74) is 7.45. The van der Waals surface area contributed by atoms with Crippen LogP contribution in [-0.4, -0.2) is 22.0 Å². The van der Waals surface area contributed by atoms with E-state index in [9.17, 15) is 9.18 Å². The second-order valence-corrected chi connectivity index (χ2v) is 9.37. The van der Waals surface area contributed by atoms with E-state index in [1.807, 2.05) is 53.7 Å². The molecule has 0 saturated heterocycles. The highest BCUT2D eigenvalue weighted by Crippen LogP contribution is 2.42. The number of halogens is 2. The number of benzene rings is 3. The van der Waals surface area contributed by atoms with Crippen molar-refractivity contribution in [3.8, 4) is 11.5 Å². The van der Waals surface area contributed by atoms with Gasteiger partial charge in [0.05, 0.1) is 16.0 Å². The Hall–Kier alpha value is -3.50. The topological polar surface area (TPSA) is 78.8 Å². The lowest BCUT2D eigenvalue weighted by Gasteiger charge is -2.14. The molecule has 0 unspecified atom stereocenters. The zero-order valence-electron chi connectivity index (χ0n) is 19.0. The standard InChI is InChI=1S/C25H21F2N3O3S2/c1-14-4-7-17(8-5-14)35-30-11-10-18-22(30)13-21(27)23(24(18)34-3)32-16-6-9-20(26)19(12-16)25(28)29-33-15(2)31/h4-13H,1-3H3,(H2,28,29). The first-order valence-electron chi connectivity index (χ1n) is 10.4. The number of oxime groups is 1. The van der Waals surface area contributed by atoms with Crippen molar-refractivity contribution in [2.45, 2.75) is 23.6 Å². The summed E-state index contributed by atoms with van der Waals surface area (Å²) in [6, 6.07) is 15.1. The minimum Gasteiger partial charge on any atom is -0.453 e. The predicted octanol–water partition coefficient (Wildman–Crippen LogP) is 6.48. The van der Waals surface area contributed by atoms with Gasteiger partial charge in [-0.1, -0.05) is 22.9 Å². The molecule has 0 bridgehead atoms. The summed E-state index contributed by atoms with van der Waals surface area (Å²) in [6.45, 7) is 3.16. The number of rotatable bonds is 7. The van der Waals surface area contributed by atoms with Crippen LogP contribution in [0.5, 0.6) is 11.5 Å². The number of ether oxygens (including phenoxy) is 1. The van der Waals surface area contributed by atoms with E-state index in [0.717, 1.165) is 28.8 Å². The summed E-state index contributed by atoms with van der Waals surface area (Å²) >= 11 is 2.82. The number of hydrogen-bond acceptors (Lipinski definition) is 6. The number of nitrogens with two attached hydrogens (primary N) is 1. The minimum absolute atomic E-state index is 0.0103. The second-order valence-electron chi connectivity index (χ2n) is 7.50. The Morgan fingerprint density at radius 3 is 2.49 bits per heavy atom. The summed E-state index contributed by atoms with van der Waals surface area (Å²) in [7, 11) is 0. The molecule has 0 aliphatic carbocycles. The molecule has 2 N–H and O–H groups in total. The smallest absolute Gasteiger partial charge is 0.332 e. The number of aromatic nitrogens is 1. The average molecular weight is 514 g/mol. The number of fused-ring (bicyclic) bond motifs is 1. The quantitative estimate of drug-likeness (QED) is 0.100. The van der Waals surface area contributed by atoms with Gasteiger partial charge in [-0.05, 0) is 61.5 Å². The average Bonchev–Trinajstić information content (AvgIpc) is 3.22. The number of aryl methyl sites for hydroxylation is 1. The van der Waals surface area contributed by atoms with Crippen LogP contribution in [0.1, 0.15) is 18.1 Å². The highest BCUT2D eigenvalue weighted by molar-refractivity contribution is 7.99. The number of amidine groups is 1. The summed E-state index contributed by atoms with van der Waals surface area (Å²) < 4.78 is 37.3. The normalized spacial score (nSPS) is 11.6. The van der Waals surface area contributed by atoms with Crippen molar-refractivity contribution in [1.82, 2.24) is 3.97 Å². The molecule has 0 saturated carbocycles. The van der Waals surface area contributed by atoms with Crippen LogP contribution in [-0.2, 0) is 9.63 Å². The maximum absolute atomic E-state index is 15.3. The van der Waals surface area contributed by atoms with Crippen LogP contribution >= 0.6 is 23.7 Å². The van der Waals surface area contributed by atoms with Crippen LogP contribution in [0.3, 0.4) is 0 Å². The van der Waals surface area contributed by atoms with Gasteiger partial charge in [0.15, 0.2) is 17.4 Å². The molecule has 0 amide bonds. The zero-order valence-corrected chi connectivity index (χ0v) is 20.7. The van der Waals surface area contributed by atoms with E-state index in [2.05, 4.69) is 9.99 Å². The van der Waals surface area contributed by atoms with Gasteiger partial charge in [0.1, 0.15) is 11.6 Å². The number of thioether (sulfide) groups is 1. The fourth-order valence-corrected chi connectivity index (χ4v) is 4.88. The van der Waals surface area contributed by atoms with Crippen LogP contribution in [0.2, 0.25) is 0 Å². The van der Waals surface area contributed by atoms with Gasteiger partial charge in [0.25, 0.3) is 0 Å². The third-order valence-electron chi connectivity index (χ3n) is 4.96. The zero-order chi connectivity index (χ0) is 25.1. The van der Waals surface area contributed by atoms with E-state index < -0.39 is 17.6 Å². The van der Waals surface area contributed by atoms with Crippen molar-refractivity contribution in [1.29, 1.82) is 0 Å². The van der Waals surface area contributed by atoms with Gasteiger partial charge in [-0.15, -0.1) is 11.8 Å². The maximum atomic E-state index is 15.3. The highest BCUT2D eigenvalue weighted by Gasteiger charge is 2.19. The molecular weight excluding hydrogens is 492 g/mol. The molecule has 4 aromatic rings. The van der Waals surface area contributed by atoms with E-state index in [1.165, 1.54) is 41.9 Å². The van der Waals surface area contributed by atoms with Crippen molar-refractivity contribution in [3.05, 3.63) is 83.6 Å². The van der Waals surface area contributed by atoms with Crippen molar-refractivity contribution >= 4 is 46.4 Å². The molecule has 1 heterocycles. The molecule has 6 nitrogen and oxygen atoms in total. The van der Waals surface area contributed by atoms with E-state index in [1.54, 1.807) is 0 Å². The molecular formula is C25H21F2N3O3S2. The Kier molecular flexibility index (Phi) is 7.32. The minimum atomic E-state index is -0.701. The molecule has 4 rings (SSSR count). The van der Waals surface area contributed by atoms with Gasteiger partial charge in [-0.25, -0.2) is 13.6 Å². The molecule has 0 spiro atoms. The first kappa shape index (κ1) is 24.6. The molecule has 35 heavy (non-hydrogen) atoms. The molecule has 3 aromatic carbocycles. The predicted molar refractivity (Wildman–Crippen MR) is 135 cm³/mol. The Morgan fingerprint density at radius 2 is 1.80 bits per heavy atom. The summed E-state index contributed by atoms with van der Waals surface area (Å²) in [5, 5.41) is 4.21. The van der Waals surface area contributed by atoms with Crippen LogP contribution < -0.4 is 10.5 Å². The van der Waals surface area contributed by atoms with Gasteiger partial charge in [-0.2, -0.15) is 0 Å². The van der Waals surface area contributed by atoms with Crippen LogP contribution in [0, 0.1) is 18.6 Å². The van der Waals surface area contributed by atoms with Crippen LogP contribution in [0.4, 0.5) is 8.78 Å². The maximum Gasteiger partial charge on any atom is 0.332 e. The van der Waals surface area contributed by atoms with Gasteiger partial charge in [0, 0.05) is 29.5 Å². The van der Waals surface area contributed by atoms with Crippen molar-refractivity contribution in [2.75, 3.05) is 6.26 Å². The molecule has 0 aliphatic heterocycles. The lowest BCUT2D eigenvalue weighted by molar-refractivity contribution is -0.140. The fourth-order valence-electron chi connectivity index (χ4n) is 3.31.